The molecule has 0 bridgehead atoms. The van der Waals surface area contributed by atoms with E-state index in [0.717, 1.165) is 69.5 Å². The summed E-state index contributed by atoms with van der Waals surface area (Å²) in [5, 5.41) is 6.91. The average Bonchev–Trinajstić information content (AvgIpc) is 3.15. The predicted molar refractivity (Wildman–Crippen MR) is 98.4 cm³/mol. The fourth-order valence-corrected chi connectivity index (χ4v) is 5.32. The van der Waals surface area contributed by atoms with Crippen LogP contribution in [0.3, 0.4) is 0 Å². The molecule has 4 aliphatic rings. The monoisotopic (exact) mass is 356 g/mol. The molecule has 1 saturated heterocycles. The zero-order valence-corrected chi connectivity index (χ0v) is 15.3. The topological polar surface area (TPSA) is 59.6 Å². The van der Waals surface area contributed by atoms with Crippen molar-refractivity contribution >= 4 is 5.91 Å². The molecule has 0 aromatic heterocycles. The summed E-state index contributed by atoms with van der Waals surface area (Å²) in [6.07, 6.45) is 7.70. The maximum absolute atomic E-state index is 13.1. The summed E-state index contributed by atoms with van der Waals surface area (Å²) < 4.78 is 11.4. The number of benzene rings is 1. The number of ether oxygens (including phenoxy) is 2. The Kier molecular flexibility index (Phi) is 3.89. The van der Waals surface area contributed by atoms with Gasteiger partial charge in [-0.1, -0.05) is 18.9 Å². The Morgan fingerprint density at radius 3 is 2.54 bits per heavy atom. The number of carbonyl (C=O) groups excluding carboxylic acids is 1. The number of piperidine rings is 1. The lowest BCUT2D eigenvalue weighted by Crippen LogP contribution is -2.45. The fourth-order valence-electron chi connectivity index (χ4n) is 5.32. The van der Waals surface area contributed by atoms with E-state index in [1.165, 1.54) is 5.56 Å². The van der Waals surface area contributed by atoms with Crippen LogP contribution in [-0.4, -0.2) is 32.2 Å². The van der Waals surface area contributed by atoms with Crippen molar-refractivity contribution in [3.05, 3.63) is 23.8 Å². The van der Waals surface area contributed by atoms with Crippen molar-refractivity contribution in [3.8, 4) is 11.5 Å². The number of hydrogen-bond acceptors (Lipinski definition) is 4. The molecule has 140 valence electrons. The molecule has 2 N–H and O–H groups in total. The smallest absolute Gasteiger partial charge is 0.224 e. The largest absolute Gasteiger partial charge is 0.486 e. The second kappa shape index (κ2) is 6.15. The van der Waals surface area contributed by atoms with Crippen LogP contribution in [0.25, 0.3) is 0 Å². The van der Waals surface area contributed by atoms with Gasteiger partial charge >= 0.3 is 0 Å². The number of amides is 1. The van der Waals surface area contributed by atoms with Crippen molar-refractivity contribution in [2.75, 3.05) is 26.3 Å². The summed E-state index contributed by atoms with van der Waals surface area (Å²) in [6, 6.07) is 6.21. The molecule has 5 rings (SSSR count). The van der Waals surface area contributed by atoms with E-state index in [1.807, 2.05) is 6.07 Å². The van der Waals surface area contributed by atoms with E-state index in [1.54, 1.807) is 0 Å². The molecule has 2 heterocycles. The highest BCUT2D eigenvalue weighted by Crippen LogP contribution is 2.59. The summed E-state index contributed by atoms with van der Waals surface area (Å²) in [5.41, 5.74) is 1.22. The van der Waals surface area contributed by atoms with Crippen LogP contribution in [0.2, 0.25) is 0 Å². The normalized spacial score (nSPS) is 27.9. The minimum absolute atomic E-state index is 0.208. The van der Waals surface area contributed by atoms with Crippen molar-refractivity contribution in [2.24, 2.45) is 11.3 Å². The van der Waals surface area contributed by atoms with Gasteiger partial charge in [0.2, 0.25) is 5.91 Å². The van der Waals surface area contributed by atoms with E-state index in [2.05, 4.69) is 22.8 Å². The number of hydrogen-bond donors (Lipinski definition) is 2. The van der Waals surface area contributed by atoms with Crippen LogP contribution in [-0.2, 0) is 10.3 Å². The molecule has 2 aliphatic carbocycles. The number of fused-ring (bicyclic) bond motifs is 1. The molecule has 2 saturated carbocycles. The van der Waals surface area contributed by atoms with E-state index >= 15 is 0 Å². The third-order valence-corrected chi connectivity index (χ3v) is 7.02. The summed E-state index contributed by atoms with van der Waals surface area (Å²) in [6.45, 7) is 3.30. The van der Waals surface area contributed by atoms with E-state index in [-0.39, 0.29) is 22.8 Å². The van der Waals surface area contributed by atoms with Crippen LogP contribution >= 0.6 is 0 Å². The lowest BCUT2D eigenvalue weighted by molar-refractivity contribution is -0.125. The van der Waals surface area contributed by atoms with Gasteiger partial charge in [-0.25, -0.2) is 0 Å². The Morgan fingerprint density at radius 1 is 1.04 bits per heavy atom. The molecule has 2 aliphatic heterocycles. The maximum Gasteiger partial charge on any atom is 0.224 e. The molecule has 26 heavy (non-hydrogen) atoms. The maximum atomic E-state index is 13.1. The van der Waals surface area contributed by atoms with E-state index in [0.29, 0.717) is 13.2 Å². The molecule has 0 radical (unpaired) electrons. The van der Waals surface area contributed by atoms with Crippen molar-refractivity contribution in [1.82, 2.24) is 10.6 Å². The first-order valence-electron chi connectivity index (χ1n) is 10.1. The lowest BCUT2D eigenvalue weighted by atomic mass is 9.86. The molecular formula is C21H28N2O3. The van der Waals surface area contributed by atoms with Gasteiger partial charge in [-0.15, -0.1) is 0 Å². The van der Waals surface area contributed by atoms with Gasteiger partial charge in [-0.2, -0.15) is 0 Å². The zero-order valence-electron chi connectivity index (χ0n) is 15.3. The summed E-state index contributed by atoms with van der Waals surface area (Å²) >= 11 is 0. The molecule has 5 heteroatoms. The highest BCUT2D eigenvalue weighted by molar-refractivity contribution is 5.83. The molecule has 1 amide bonds. The zero-order chi connectivity index (χ0) is 17.6. The van der Waals surface area contributed by atoms with Gasteiger partial charge in [0.1, 0.15) is 13.2 Å². The van der Waals surface area contributed by atoms with Gasteiger partial charge in [0.05, 0.1) is 5.54 Å². The van der Waals surface area contributed by atoms with E-state index in [9.17, 15) is 4.79 Å². The quantitative estimate of drug-likeness (QED) is 0.874. The number of carbonyl (C=O) groups is 1. The highest BCUT2D eigenvalue weighted by atomic mass is 16.6. The second-order valence-electron chi connectivity index (χ2n) is 8.51. The van der Waals surface area contributed by atoms with Gasteiger partial charge in [0, 0.05) is 5.92 Å². The summed E-state index contributed by atoms with van der Waals surface area (Å²) in [5.74, 6) is 2.11. The summed E-state index contributed by atoms with van der Waals surface area (Å²) in [7, 11) is 0. The first-order valence-corrected chi connectivity index (χ1v) is 10.1. The van der Waals surface area contributed by atoms with Gasteiger partial charge in [-0.3, -0.25) is 4.79 Å². The van der Waals surface area contributed by atoms with Crippen LogP contribution in [0.15, 0.2) is 18.2 Å². The second-order valence-corrected chi connectivity index (χ2v) is 8.51. The molecule has 3 fully saturated rings. The van der Waals surface area contributed by atoms with E-state index < -0.39 is 0 Å². The Bertz CT molecular complexity index is 705. The standard InChI is InChI=1S/C21H28N2O3/c24-19(16-14-20(16)7-9-22-10-8-20)23-21(5-1-2-6-21)15-3-4-17-18(13-15)26-12-11-25-17/h3-4,13,16,22H,1-2,5-12,14H2,(H,23,24). The molecule has 5 nitrogen and oxygen atoms in total. The van der Waals surface area contributed by atoms with Gasteiger partial charge in [0.25, 0.3) is 0 Å². The number of rotatable bonds is 3. The fraction of sp³-hybridized carbons (Fsp3) is 0.667. The Balaban J connectivity index is 1.37. The average molecular weight is 356 g/mol. The molecule has 1 unspecified atom stereocenters. The molecule has 1 aromatic rings. The first kappa shape index (κ1) is 16.4. The minimum atomic E-state index is -0.233. The Hall–Kier alpha value is -1.75. The molecule has 1 spiro atoms. The van der Waals surface area contributed by atoms with Crippen LogP contribution in [0.5, 0.6) is 11.5 Å². The van der Waals surface area contributed by atoms with Crippen molar-refractivity contribution in [3.63, 3.8) is 0 Å². The predicted octanol–water partition coefficient (Wildman–Crippen LogP) is 2.73. The SMILES string of the molecule is O=C(NC1(c2ccc3c(c2)OCCO3)CCCC1)C1CC12CCNCC2. The van der Waals surface area contributed by atoms with Gasteiger partial charge < -0.3 is 20.1 Å². The minimum Gasteiger partial charge on any atom is -0.486 e. The Labute approximate surface area is 154 Å². The van der Waals surface area contributed by atoms with Crippen LogP contribution in [0, 0.1) is 11.3 Å². The van der Waals surface area contributed by atoms with Gasteiger partial charge in [-0.05, 0) is 68.3 Å². The highest BCUT2D eigenvalue weighted by Gasteiger charge is 2.58. The van der Waals surface area contributed by atoms with Crippen molar-refractivity contribution < 1.29 is 14.3 Å². The summed E-state index contributed by atoms with van der Waals surface area (Å²) in [4.78, 5) is 13.1. The molecule has 1 atom stereocenters. The molecule has 1 aromatic carbocycles. The van der Waals surface area contributed by atoms with Crippen LogP contribution in [0.1, 0.15) is 50.5 Å². The third kappa shape index (κ3) is 2.68. The van der Waals surface area contributed by atoms with Crippen LogP contribution < -0.4 is 20.1 Å². The Morgan fingerprint density at radius 2 is 1.77 bits per heavy atom. The van der Waals surface area contributed by atoms with Crippen LogP contribution in [0.4, 0.5) is 0 Å². The van der Waals surface area contributed by atoms with Crippen molar-refractivity contribution in [2.45, 2.75) is 50.5 Å². The van der Waals surface area contributed by atoms with Crippen molar-refractivity contribution in [1.29, 1.82) is 0 Å². The lowest BCUT2D eigenvalue weighted by Gasteiger charge is -2.33. The van der Waals surface area contributed by atoms with Gasteiger partial charge in [0.15, 0.2) is 11.5 Å². The third-order valence-electron chi connectivity index (χ3n) is 7.02. The van der Waals surface area contributed by atoms with E-state index in [4.69, 9.17) is 9.47 Å². The number of nitrogens with one attached hydrogen (secondary N) is 2. The molecular weight excluding hydrogens is 328 g/mol. The first-order chi connectivity index (χ1) is 12.7.